The summed E-state index contributed by atoms with van der Waals surface area (Å²) < 4.78 is 18.4. The number of rotatable bonds is 17. The molecule has 0 fully saturated rings. The largest absolute Gasteiger partial charge is 0.492 e. The van der Waals surface area contributed by atoms with E-state index in [9.17, 15) is 20.3 Å². The number of aliphatic hydroxyl groups is 1. The van der Waals surface area contributed by atoms with Gasteiger partial charge in [-0.25, -0.2) is 0 Å². The Bertz CT molecular complexity index is 1820. The highest BCUT2D eigenvalue weighted by molar-refractivity contribution is 9.09. The first-order valence-electron chi connectivity index (χ1n) is 15.6. The number of carboxylic acid groups (broad SMARTS) is 1. The van der Waals surface area contributed by atoms with Crippen molar-refractivity contribution >= 4 is 45.1 Å². The fraction of sp³-hybridized carbons (Fsp3) is 0.324. The third kappa shape index (κ3) is 9.24. The zero-order valence-electron chi connectivity index (χ0n) is 27.5. The summed E-state index contributed by atoms with van der Waals surface area (Å²) in [6, 6.07) is 18.8. The Labute approximate surface area is 305 Å². The molecule has 0 spiro atoms. The van der Waals surface area contributed by atoms with Gasteiger partial charge in [-0.1, -0.05) is 76.4 Å². The Morgan fingerprint density at radius 2 is 1.73 bits per heavy atom. The van der Waals surface area contributed by atoms with E-state index in [0.717, 1.165) is 34.0 Å². The first-order valence-corrected chi connectivity index (χ1v) is 17.5. The maximum absolute atomic E-state index is 12.1. The van der Waals surface area contributed by atoms with Crippen molar-refractivity contribution in [2.75, 3.05) is 25.1 Å². The van der Waals surface area contributed by atoms with Gasteiger partial charge in [0.05, 0.1) is 28.8 Å². The quantitative estimate of drug-likeness (QED) is 0.0807. The molecule has 0 saturated carbocycles. The molecule has 4 rings (SSSR count). The summed E-state index contributed by atoms with van der Waals surface area (Å²) in [5.41, 5.74) is 3.81. The molecule has 12 heteroatoms. The molecule has 0 radical (unpaired) electrons. The highest BCUT2D eigenvalue weighted by Gasteiger charge is 2.38. The molecule has 0 aliphatic carbocycles. The fourth-order valence-corrected chi connectivity index (χ4v) is 5.98. The molecule has 3 aromatic carbocycles. The van der Waals surface area contributed by atoms with Crippen LogP contribution in [-0.2, 0) is 24.6 Å². The SMILES string of the molecule is CCN(Cc1cc(Cl)c(OCc2cccc(-c3cccc(OCCCBr)c3Cl)c2C)cc1OCc1cncc(C#N)c1)[C@](C)(CO)C(=O)O. The molecule has 0 aliphatic rings. The number of hydrogen-bond donors (Lipinski definition) is 2. The molecule has 49 heavy (non-hydrogen) atoms. The van der Waals surface area contributed by atoms with Gasteiger partial charge in [0.15, 0.2) is 0 Å². The smallest absolute Gasteiger partial charge is 0.326 e. The zero-order valence-corrected chi connectivity index (χ0v) is 30.6. The fourth-order valence-electron chi connectivity index (χ4n) is 5.23. The maximum atomic E-state index is 12.1. The lowest BCUT2D eigenvalue weighted by molar-refractivity contribution is -0.153. The van der Waals surface area contributed by atoms with Crippen LogP contribution in [0.5, 0.6) is 17.2 Å². The molecule has 4 aromatic rings. The molecule has 1 atom stereocenters. The number of halogens is 3. The number of hydrogen-bond acceptors (Lipinski definition) is 8. The number of ether oxygens (including phenoxy) is 3. The predicted octanol–water partition coefficient (Wildman–Crippen LogP) is 8.21. The molecule has 2 N–H and O–H groups in total. The normalized spacial score (nSPS) is 12.3. The van der Waals surface area contributed by atoms with Gasteiger partial charge in [-0.15, -0.1) is 0 Å². The average molecular weight is 772 g/mol. The maximum Gasteiger partial charge on any atom is 0.326 e. The second-order valence-corrected chi connectivity index (χ2v) is 13.1. The van der Waals surface area contributed by atoms with Crippen LogP contribution in [-0.4, -0.2) is 56.7 Å². The molecule has 258 valence electrons. The van der Waals surface area contributed by atoms with Crippen molar-refractivity contribution in [1.82, 2.24) is 9.88 Å². The van der Waals surface area contributed by atoms with Crippen LogP contribution in [0.4, 0.5) is 0 Å². The standard InChI is InChI=1S/C37H38BrCl2N3O6/c1-4-43(37(3,23-44)36(45)46)20-28-15-31(39)34(16-33(28)48-21-26-14-25(17-41)18-42-19-26)49-22-27-8-5-9-29(24(27)2)30-10-6-11-32(35(30)40)47-13-7-12-38/h5-6,8-11,14-16,18-19,44H,4,7,12-13,20-23H2,1-3H3,(H,45,46)/t37-/m1/s1. The summed E-state index contributed by atoms with van der Waals surface area (Å²) in [7, 11) is 0. The summed E-state index contributed by atoms with van der Waals surface area (Å²) in [5, 5.41) is 30.9. The van der Waals surface area contributed by atoms with Crippen LogP contribution in [0.3, 0.4) is 0 Å². The van der Waals surface area contributed by atoms with E-state index in [-0.39, 0.29) is 19.8 Å². The zero-order chi connectivity index (χ0) is 35.6. The molecular weight excluding hydrogens is 733 g/mol. The van der Waals surface area contributed by atoms with Crippen LogP contribution in [0.15, 0.2) is 67.0 Å². The number of carboxylic acids is 1. The third-order valence-corrected chi connectivity index (χ3v) is 9.51. The summed E-state index contributed by atoms with van der Waals surface area (Å²) in [5.74, 6) is 0.234. The van der Waals surface area contributed by atoms with Gasteiger partial charge >= 0.3 is 5.97 Å². The van der Waals surface area contributed by atoms with E-state index >= 15 is 0 Å². The lowest BCUT2D eigenvalue weighted by Crippen LogP contribution is -2.54. The van der Waals surface area contributed by atoms with Crippen molar-refractivity contribution < 1.29 is 29.2 Å². The van der Waals surface area contributed by atoms with E-state index in [1.807, 2.05) is 50.2 Å². The molecular formula is C37H38BrCl2N3O6. The van der Waals surface area contributed by atoms with Gasteiger partial charge in [0, 0.05) is 47.0 Å². The van der Waals surface area contributed by atoms with Crippen molar-refractivity contribution in [3.8, 4) is 34.4 Å². The van der Waals surface area contributed by atoms with Crippen LogP contribution in [0, 0.1) is 18.3 Å². The number of carbonyl (C=O) groups is 1. The van der Waals surface area contributed by atoms with Crippen molar-refractivity contribution in [2.24, 2.45) is 0 Å². The first kappa shape index (κ1) is 38.0. The van der Waals surface area contributed by atoms with Crippen molar-refractivity contribution in [1.29, 1.82) is 5.26 Å². The number of aromatic nitrogens is 1. The number of aliphatic hydroxyl groups excluding tert-OH is 1. The van der Waals surface area contributed by atoms with Crippen molar-refractivity contribution in [2.45, 2.75) is 52.5 Å². The Balaban J connectivity index is 1.64. The number of pyridine rings is 1. The van der Waals surface area contributed by atoms with Gasteiger partial charge in [0.25, 0.3) is 0 Å². The number of nitriles is 1. The molecule has 0 aliphatic heterocycles. The van der Waals surface area contributed by atoms with Crippen molar-refractivity contribution in [3.63, 3.8) is 0 Å². The van der Waals surface area contributed by atoms with Gasteiger partial charge in [-0.05, 0) is 61.7 Å². The molecule has 0 unspecified atom stereocenters. The highest BCUT2D eigenvalue weighted by atomic mass is 79.9. The van der Waals surface area contributed by atoms with Crippen LogP contribution in [0.2, 0.25) is 10.0 Å². The Morgan fingerprint density at radius 3 is 2.43 bits per heavy atom. The second-order valence-electron chi connectivity index (χ2n) is 11.5. The predicted molar refractivity (Wildman–Crippen MR) is 194 cm³/mol. The number of aliphatic carboxylic acids is 1. The molecule has 0 amide bonds. The monoisotopic (exact) mass is 769 g/mol. The van der Waals surface area contributed by atoms with E-state index in [4.69, 9.17) is 37.4 Å². The molecule has 9 nitrogen and oxygen atoms in total. The molecule has 0 bridgehead atoms. The summed E-state index contributed by atoms with van der Waals surface area (Å²) in [4.78, 5) is 17.9. The Kier molecular flexibility index (Phi) is 13.7. The molecule has 1 heterocycles. The van der Waals surface area contributed by atoms with Gasteiger partial charge in [0.1, 0.15) is 42.1 Å². The number of alkyl halides is 1. The molecule has 0 saturated heterocycles. The lowest BCUT2D eigenvalue weighted by Gasteiger charge is -2.36. The average Bonchev–Trinajstić information content (AvgIpc) is 3.10. The van der Waals surface area contributed by atoms with Crippen LogP contribution >= 0.6 is 39.1 Å². The van der Waals surface area contributed by atoms with Crippen molar-refractivity contribution in [3.05, 3.63) is 105 Å². The third-order valence-electron chi connectivity index (χ3n) is 8.26. The summed E-state index contributed by atoms with van der Waals surface area (Å²) in [6.45, 7) is 5.96. The second kappa shape index (κ2) is 17.7. The van der Waals surface area contributed by atoms with E-state index in [2.05, 4.69) is 27.0 Å². The molecule has 1 aromatic heterocycles. The van der Waals surface area contributed by atoms with E-state index < -0.39 is 18.1 Å². The van der Waals surface area contributed by atoms with E-state index in [1.165, 1.54) is 13.1 Å². The van der Waals surface area contributed by atoms with Crippen LogP contribution < -0.4 is 14.2 Å². The summed E-state index contributed by atoms with van der Waals surface area (Å²) in [6.07, 6.45) is 3.92. The Hall–Kier alpha value is -3.85. The van der Waals surface area contributed by atoms with Gasteiger partial charge in [-0.3, -0.25) is 14.7 Å². The van der Waals surface area contributed by atoms with E-state index in [1.54, 1.807) is 29.3 Å². The van der Waals surface area contributed by atoms with Gasteiger partial charge in [-0.2, -0.15) is 5.26 Å². The lowest BCUT2D eigenvalue weighted by atomic mass is 9.96. The minimum atomic E-state index is -1.54. The number of nitrogens with zero attached hydrogens (tertiary/aromatic N) is 3. The van der Waals surface area contributed by atoms with Crippen LogP contribution in [0.1, 0.15) is 48.1 Å². The number of benzene rings is 3. The Morgan fingerprint density at radius 1 is 1.00 bits per heavy atom. The van der Waals surface area contributed by atoms with Crippen LogP contribution in [0.25, 0.3) is 11.1 Å². The number of likely N-dealkylation sites (N-methyl/N-ethyl adjacent to an activating group) is 1. The topological polar surface area (TPSA) is 125 Å². The van der Waals surface area contributed by atoms with Gasteiger partial charge in [0.2, 0.25) is 0 Å². The highest BCUT2D eigenvalue weighted by Crippen LogP contribution is 2.39. The van der Waals surface area contributed by atoms with E-state index in [0.29, 0.717) is 57.1 Å². The van der Waals surface area contributed by atoms with Gasteiger partial charge < -0.3 is 24.4 Å². The summed E-state index contributed by atoms with van der Waals surface area (Å²) >= 11 is 17.0. The minimum absolute atomic E-state index is 0.0831. The first-order chi connectivity index (χ1) is 23.6. The minimum Gasteiger partial charge on any atom is -0.492 e.